The van der Waals surface area contributed by atoms with Gasteiger partial charge in [0.2, 0.25) is 11.8 Å². The lowest BCUT2D eigenvalue weighted by molar-refractivity contribution is -0.139. The molecular formula is C15H17FN2O4S. The molecule has 0 bridgehead atoms. The van der Waals surface area contributed by atoms with E-state index >= 15 is 0 Å². The van der Waals surface area contributed by atoms with Crippen LogP contribution in [0.4, 0.5) is 4.39 Å². The Morgan fingerprint density at radius 1 is 1.39 bits per heavy atom. The van der Waals surface area contributed by atoms with Gasteiger partial charge < -0.3 is 15.3 Å². The first kappa shape index (κ1) is 17.3. The smallest absolute Gasteiger partial charge is 0.305 e. The van der Waals surface area contributed by atoms with Crippen LogP contribution in [0, 0.1) is 5.82 Å². The van der Waals surface area contributed by atoms with Gasteiger partial charge in [-0.15, -0.1) is 11.8 Å². The van der Waals surface area contributed by atoms with E-state index in [1.54, 1.807) is 0 Å². The number of benzene rings is 1. The Morgan fingerprint density at radius 3 is 2.61 bits per heavy atom. The third kappa shape index (κ3) is 4.44. The molecule has 1 aliphatic heterocycles. The summed E-state index contributed by atoms with van der Waals surface area (Å²) in [6.07, 6.45) is -0.322. The van der Waals surface area contributed by atoms with Crippen molar-refractivity contribution >= 4 is 29.5 Å². The van der Waals surface area contributed by atoms with Gasteiger partial charge in [0.25, 0.3) is 0 Å². The third-order valence-electron chi connectivity index (χ3n) is 3.56. The first-order valence-corrected chi connectivity index (χ1v) is 8.16. The summed E-state index contributed by atoms with van der Waals surface area (Å²) in [5.41, 5.74) is 0.502. The SMILES string of the molecule is CC(=O)N1CSC[C@@H]1C(=O)N[C@@H](CC(=O)O)c1ccc(F)cc1. The molecule has 2 atom stereocenters. The molecule has 23 heavy (non-hydrogen) atoms. The van der Waals surface area contributed by atoms with Crippen molar-refractivity contribution in [3.05, 3.63) is 35.6 Å². The van der Waals surface area contributed by atoms with Gasteiger partial charge in [-0.25, -0.2) is 4.39 Å². The fraction of sp³-hybridized carbons (Fsp3) is 0.400. The van der Waals surface area contributed by atoms with E-state index in [9.17, 15) is 18.8 Å². The van der Waals surface area contributed by atoms with Crippen molar-refractivity contribution in [2.75, 3.05) is 11.6 Å². The third-order valence-corrected chi connectivity index (χ3v) is 4.57. The summed E-state index contributed by atoms with van der Waals surface area (Å²) in [4.78, 5) is 36.4. The Morgan fingerprint density at radius 2 is 2.04 bits per heavy atom. The maximum atomic E-state index is 13.0. The molecule has 1 fully saturated rings. The van der Waals surface area contributed by atoms with E-state index < -0.39 is 29.8 Å². The maximum Gasteiger partial charge on any atom is 0.305 e. The van der Waals surface area contributed by atoms with Crippen LogP contribution in [-0.4, -0.2) is 45.5 Å². The number of halogens is 1. The molecule has 124 valence electrons. The molecule has 2 N–H and O–H groups in total. The molecule has 2 amide bonds. The number of hydrogen-bond donors (Lipinski definition) is 2. The van der Waals surface area contributed by atoms with E-state index in [0.29, 0.717) is 17.2 Å². The van der Waals surface area contributed by atoms with Crippen molar-refractivity contribution in [1.82, 2.24) is 10.2 Å². The molecule has 0 aromatic heterocycles. The van der Waals surface area contributed by atoms with Gasteiger partial charge in [-0.2, -0.15) is 0 Å². The summed E-state index contributed by atoms with van der Waals surface area (Å²) in [7, 11) is 0. The maximum absolute atomic E-state index is 13.0. The van der Waals surface area contributed by atoms with Crippen LogP contribution in [0.5, 0.6) is 0 Å². The summed E-state index contributed by atoms with van der Waals surface area (Å²) in [6, 6.07) is 3.91. The molecule has 1 aliphatic rings. The number of nitrogens with one attached hydrogen (secondary N) is 1. The second-order valence-electron chi connectivity index (χ2n) is 5.22. The average molecular weight is 340 g/mol. The quantitative estimate of drug-likeness (QED) is 0.846. The molecule has 1 aromatic carbocycles. The van der Waals surface area contributed by atoms with Crippen molar-refractivity contribution in [3.63, 3.8) is 0 Å². The fourth-order valence-corrected chi connectivity index (χ4v) is 3.58. The van der Waals surface area contributed by atoms with E-state index in [0.717, 1.165) is 0 Å². The molecular weight excluding hydrogens is 323 g/mol. The van der Waals surface area contributed by atoms with Gasteiger partial charge in [-0.1, -0.05) is 12.1 Å². The second-order valence-corrected chi connectivity index (χ2v) is 6.21. The second kappa shape index (κ2) is 7.45. The highest BCUT2D eigenvalue weighted by atomic mass is 32.2. The molecule has 0 radical (unpaired) electrons. The first-order valence-electron chi connectivity index (χ1n) is 7.01. The van der Waals surface area contributed by atoms with Crippen molar-refractivity contribution in [2.45, 2.75) is 25.4 Å². The Kier molecular flexibility index (Phi) is 5.59. The predicted octanol–water partition coefficient (Wildman–Crippen LogP) is 1.38. The lowest BCUT2D eigenvalue weighted by atomic mass is 10.0. The highest BCUT2D eigenvalue weighted by molar-refractivity contribution is 7.99. The van der Waals surface area contributed by atoms with Crippen molar-refractivity contribution in [2.24, 2.45) is 0 Å². The highest BCUT2D eigenvalue weighted by Crippen LogP contribution is 2.23. The number of carboxylic acids is 1. The van der Waals surface area contributed by atoms with E-state index in [4.69, 9.17) is 5.11 Å². The van der Waals surface area contributed by atoms with Gasteiger partial charge in [-0.05, 0) is 17.7 Å². The Bertz CT molecular complexity index is 608. The number of thioether (sulfide) groups is 1. The van der Waals surface area contributed by atoms with Gasteiger partial charge in [0.1, 0.15) is 11.9 Å². The summed E-state index contributed by atoms with van der Waals surface area (Å²) in [5.74, 6) is -1.22. The van der Waals surface area contributed by atoms with Crippen LogP contribution < -0.4 is 5.32 Å². The predicted molar refractivity (Wildman–Crippen MR) is 83.2 cm³/mol. The Balaban J connectivity index is 2.14. The normalized spacial score (nSPS) is 18.5. The minimum absolute atomic E-state index is 0.202. The van der Waals surface area contributed by atoms with Crippen LogP contribution in [0.1, 0.15) is 24.9 Å². The van der Waals surface area contributed by atoms with E-state index in [-0.39, 0.29) is 12.3 Å². The zero-order valence-corrected chi connectivity index (χ0v) is 13.3. The number of amides is 2. The number of carbonyl (C=O) groups excluding carboxylic acids is 2. The molecule has 2 rings (SSSR count). The summed E-state index contributed by atoms with van der Waals surface area (Å²) in [5, 5.41) is 11.7. The van der Waals surface area contributed by atoms with Gasteiger partial charge in [0, 0.05) is 12.7 Å². The van der Waals surface area contributed by atoms with Crippen LogP contribution in [-0.2, 0) is 14.4 Å². The monoisotopic (exact) mass is 340 g/mol. The fourth-order valence-electron chi connectivity index (χ4n) is 2.36. The van der Waals surface area contributed by atoms with Crippen molar-refractivity contribution in [1.29, 1.82) is 0 Å². The minimum Gasteiger partial charge on any atom is -0.481 e. The molecule has 1 heterocycles. The van der Waals surface area contributed by atoms with Gasteiger partial charge in [0.15, 0.2) is 0 Å². The van der Waals surface area contributed by atoms with Crippen molar-refractivity contribution < 1.29 is 23.9 Å². The van der Waals surface area contributed by atoms with Gasteiger partial charge in [0.05, 0.1) is 18.3 Å². The largest absolute Gasteiger partial charge is 0.481 e. The topological polar surface area (TPSA) is 86.7 Å². The number of aliphatic carboxylic acids is 1. The number of carbonyl (C=O) groups is 3. The zero-order valence-electron chi connectivity index (χ0n) is 12.5. The van der Waals surface area contributed by atoms with Gasteiger partial charge in [-0.3, -0.25) is 14.4 Å². The molecule has 0 unspecified atom stereocenters. The number of hydrogen-bond acceptors (Lipinski definition) is 4. The lowest BCUT2D eigenvalue weighted by Gasteiger charge is -2.24. The van der Waals surface area contributed by atoms with Crippen LogP contribution in [0.2, 0.25) is 0 Å². The summed E-state index contributed by atoms with van der Waals surface area (Å²) < 4.78 is 13.0. The lowest BCUT2D eigenvalue weighted by Crippen LogP contribution is -2.47. The van der Waals surface area contributed by atoms with E-state index in [2.05, 4.69) is 5.32 Å². The van der Waals surface area contributed by atoms with Crippen LogP contribution >= 0.6 is 11.8 Å². The van der Waals surface area contributed by atoms with Crippen LogP contribution in [0.15, 0.2) is 24.3 Å². The molecule has 1 saturated heterocycles. The average Bonchev–Trinajstić information content (AvgIpc) is 2.96. The standard InChI is InChI=1S/C15H17FN2O4S/c1-9(19)18-8-23-7-13(18)15(22)17-12(6-14(20)21)10-2-4-11(16)5-3-10/h2-5,12-13H,6-8H2,1H3,(H,17,22)(H,20,21)/t12-,13+/m0/s1. The molecule has 1 aromatic rings. The van der Waals surface area contributed by atoms with E-state index in [1.165, 1.54) is 47.9 Å². The van der Waals surface area contributed by atoms with Crippen LogP contribution in [0.3, 0.4) is 0 Å². The highest BCUT2D eigenvalue weighted by Gasteiger charge is 2.34. The molecule has 0 aliphatic carbocycles. The first-order chi connectivity index (χ1) is 10.9. The molecule has 0 saturated carbocycles. The molecule has 8 heteroatoms. The molecule has 6 nitrogen and oxygen atoms in total. The van der Waals surface area contributed by atoms with Crippen molar-refractivity contribution in [3.8, 4) is 0 Å². The zero-order chi connectivity index (χ0) is 17.0. The minimum atomic E-state index is -1.08. The van der Waals surface area contributed by atoms with E-state index in [1.807, 2.05) is 0 Å². The van der Waals surface area contributed by atoms with Crippen LogP contribution in [0.25, 0.3) is 0 Å². The number of rotatable bonds is 5. The number of nitrogens with zero attached hydrogens (tertiary/aromatic N) is 1. The number of carboxylic acid groups (broad SMARTS) is 1. The molecule has 0 spiro atoms. The summed E-state index contributed by atoms with van der Waals surface area (Å²) in [6.45, 7) is 1.39. The Hall–Kier alpha value is -2.09. The van der Waals surface area contributed by atoms with Gasteiger partial charge >= 0.3 is 5.97 Å². The summed E-state index contributed by atoms with van der Waals surface area (Å²) >= 11 is 1.46. The Labute approximate surface area is 137 Å².